The van der Waals surface area contributed by atoms with Crippen molar-refractivity contribution in [3.63, 3.8) is 0 Å². The summed E-state index contributed by atoms with van der Waals surface area (Å²) in [5.74, 6) is 0. The molecule has 10 heavy (non-hydrogen) atoms. The van der Waals surface area contributed by atoms with Crippen LogP contribution in [0.1, 0.15) is 6.92 Å². The van der Waals surface area contributed by atoms with Crippen LogP contribution in [-0.4, -0.2) is 6.54 Å². The Bertz CT molecular complexity index is 208. The van der Waals surface area contributed by atoms with Crippen LogP contribution in [-0.2, 0) is 0 Å². The van der Waals surface area contributed by atoms with E-state index >= 15 is 0 Å². The molecule has 0 unspecified atom stereocenters. The van der Waals surface area contributed by atoms with Crippen LogP contribution in [0.3, 0.4) is 0 Å². The van der Waals surface area contributed by atoms with E-state index in [1.54, 1.807) is 6.07 Å². The van der Waals surface area contributed by atoms with Crippen LogP contribution in [0.4, 0.5) is 11.4 Å². The van der Waals surface area contributed by atoms with Gasteiger partial charge in [-0.25, -0.2) is 0 Å². The molecule has 1 aromatic rings. The molecule has 1 rings (SSSR count). The van der Waals surface area contributed by atoms with Gasteiger partial charge in [0, 0.05) is 12.2 Å². The topological polar surface area (TPSA) is 35.8 Å². The summed E-state index contributed by atoms with van der Waals surface area (Å²) in [7, 11) is 0. The van der Waals surface area contributed by atoms with Crippen molar-refractivity contribution in [1.82, 2.24) is 5.73 Å². The summed E-state index contributed by atoms with van der Waals surface area (Å²) in [6.45, 7) is 2.94. The van der Waals surface area contributed by atoms with Gasteiger partial charge in [0.05, 0.1) is 5.69 Å². The van der Waals surface area contributed by atoms with Crippen molar-refractivity contribution >= 4 is 11.4 Å². The van der Waals surface area contributed by atoms with Crippen molar-refractivity contribution in [3.8, 4) is 0 Å². The molecule has 1 radical (unpaired) electrons. The number of hydrogen-bond acceptors (Lipinski definition) is 1. The minimum Gasteiger partial charge on any atom is -0.385 e. The van der Waals surface area contributed by atoms with Crippen molar-refractivity contribution in [2.75, 3.05) is 11.9 Å². The molecule has 0 aliphatic carbocycles. The van der Waals surface area contributed by atoms with E-state index in [0.717, 1.165) is 12.2 Å². The van der Waals surface area contributed by atoms with Gasteiger partial charge in [0.25, 0.3) is 0 Å². The molecule has 0 aliphatic heterocycles. The van der Waals surface area contributed by atoms with E-state index < -0.39 is 0 Å². The maximum Gasteiger partial charge on any atom is 0.0560 e. The van der Waals surface area contributed by atoms with Gasteiger partial charge in [-0.05, 0) is 25.1 Å². The highest BCUT2D eigenvalue weighted by atomic mass is 14.8. The van der Waals surface area contributed by atoms with Gasteiger partial charge >= 0.3 is 0 Å². The molecular formula is C8H11N2. The van der Waals surface area contributed by atoms with E-state index in [-0.39, 0.29) is 0 Å². The maximum atomic E-state index is 7.27. The first kappa shape index (κ1) is 6.93. The summed E-state index contributed by atoms with van der Waals surface area (Å²) in [4.78, 5) is 0. The van der Waals surface area contributed by atoms with Gasteiger partial charge in [-0.15, -0.1) is 0 Å². The fraction of sp³-hybridized carbons (Fsp3) is 0.250. The van der Waals surface area contributed by atoms with Crippen molar-refractivity contribution in [2.45, 2.75) is 6.92 Å². The minimum atomic E-state index is 0.554. The Kier molecular flexibility index (Phi) is 2.15. The second-order valence-electron chi connectivity index (χ2n) is 2.11. The Morgan fingerprint density at radius 3 is 2.90 bits per heavy atom. The third-order valence-electron chi connectivity index (χ3n) is 1.24. The van der Waals surface area contributed by atoms with E-state index in [4.69, 9.17) is 5.73 Å². The molecule has 0 aliphatic rings. The summed E-state index contributed by atoms with van der Waals surface area (Å²) in [5, 5.41) is 3.13. The monoisotopic (exact) mass is 135 g/mol. The maximum absolute atomic E-state index is 7.27. The normalized spacial score (nSPS) is 9.30. The zero-order chi connectivity index (χ0) is 7.40. The zero-order valence-corrected chi connectivity index (χ0v) is 6.02. The highest BCUT2D eigenvalue weighted by Crippen LogP contribution is 2.11. The molecule has 0 amide bonds. The number of benzene rings is 1. The third kappa shape index (κ3) is 1.65. The molecule has 0 spiro atoms. The molecule has 0 aromatic heterocycles. The van der Waals surface area contributed by atoms with Crippen LogP contribution < -0.4 is 11.1 Å². The first-order chi connectivity index (χ1) is 4.83. The second-order valence-corrected chi connectivity index (χ2v) is 2.11. The van der Waals surface area contributed by atoms with Crippen LogP contribution in [0, 0.1) is 0 Å². The molecule has 53 valence electrons. The first-order valence-corrected chi connectivity index (χ1v) is 3.38. The minimum absolute atomic E-state index is 0.554. The molecule has 0 heterocycles. The lowest BCUT2D eigenvalue weighted by molar-refractivity contribution is 1.21. The lowest BCUT2D eigenvalue weighted by Crippen LogP contribution is -1.95. The summed E-state index contributed by atoms with van der Waals surface area (Å²) in [6.07, 6.45) is 0. The Balaban J connectivity index is 2.75. The van der Waals surface area contributed by atoms with Crippen molar-refractivity contribution in [3.05, 3.63) is 24.3 Å². The van der Waals surface area contributed by atoms with E-state index in [2.05, 4.69) is 5.32 Å². The van der Waals surface area contributed by atoms with E-state index in [1.165, 1.54) is 0 Å². The van der Waals surface area contributed by atoms with Gasteiger partial charge in [0.2, 0.25) is 0 Å². The van der Waals surface area contributed by atoms with E-state index in [1.807, 2.05) is 25.1 Å². The highest BCUT2D eigenvalue weighted by molar-refractivity contribution is 5.52. The van der Waals surface area contributed by atoms with Crippen molar-refractivity contribution in [1.29, 1.82) is 0 Å². The SMILES string of the molecule is CCNc1cccc([NH])c1. The lowest BCUT2D eigenvalue weighted by Gasteiger charge is -2.01. The van der Waals surface area contributed by atoms with Crippen LogP contribution in [0.25, 0.3) is 0 Å². The zero-order valence-electron chi connectivity index (χ0n) is 6.02. The fourth-order valence-corrected chi connectivity index (χ4v) is 0.833. The predicted molar refractivity (Wildman–Crippen MR) is 43.4 cm³/mol. The summed E-state index contributed by atoms with van der Waals surface area (Å²) >= 11 is 0. The van der Waals surface area contributed by atoms with E-state index in [0.29, 0.717) is 5.69 Å². The van der Waals surface area contributed by atoms with E-state index in [9.17, 15) is 0 Å². The number of hydrogen-bond donors (Lipinski definition) is 1. The number of rotatable bonds is 2. The van der Waals surface area contributed by atoms with Gasteiger partial charge in [-0.3, -0.25) is 0 Å². The van der Waals surface area contributed by atoms with Crippen LogP contribution in [0.2, 0.25) is 0 Å². The fourth-order valence-electron chi connectivity index (χ4n) is 0.833. The predicted octanol–water partition coefficient (Wildman–Crippen LogP) is 2.03. The van der Waals surface area contributed by atoms with Gasteiger partial charge in [0.15, 0.2) is 0 Å². The largest absolute Gasteiger partial charge is 0.385 e. The Hall–Kier alpha value is -1.18. The molecule has 2 heteroatoms. The smallest absolute Gasteiger partial charge is 0.0560 e. The molecule has 0 bridgehead atoms. The summed E-state index contributed by atoms with van der Waals surface area (Å²) < 4.78 is 0. The Labute approximate surface area is 61.1 Å². The third-order valence-corrected chi connectivity index (χ3v) is 1.24. The Morgan fingerprint density at radius 2 is 2.30 bits per heavy atom. The summed E-state index contributed by atoms with van der Waals surface area (Å²) in [6, 6.07) is 7.41. The van der Waals surface area contributed by atoms with Crippen molar-refractivity contribution in [2.24, 2.45) is 0 Å². The van der Waals surface area contributed by atoms with Crippen LogP contribution in [0.5, 0.6) is 0 Å². The van der Waals surface area contributed by atoms with Gasteiger partial charge in [-0.2, -0.15) is 0 Å². The number of nitrogens with one attached hydrogen (secondary N) is 2. The van der Waals surface area contributed by atoms with Crippen molar-refractivity contribution < 1.29 is 0 Å². The standard InChI is InChI=1S/C8H11N2/c1-2-10-8-5-3-4-7(9)6-8/h3-6,9-10H,2H2,1H3. The molecule has 2 nitrogen and oxygen atoms in total. The van der Waals surface area contributed by atoms with Crippen LogP contribution in [0.15, 0.2) is 24.3 Å². The molecular weight excluding hydrogens is 124 g/mol. The summed E-state index contributed by atoms with van der Waals surface area (Å²) in [5.41, 5.74) is 8.85. The molecule has 0 saturated carbocycles. The first-order valence-electron chi connectivity index (χ1n) is 3.38. The van der Waals surface area contributed by atoms with Crippen LogP contribution >= 0.6 is 0 Å². The van der Waals surface area contributed by atoms with Gasteiger partial charge in [0.1, 0.15) is 0 Å². The molecule has 0 fully saturated rings. The Morgan fingerprint density at radius 1 is 1.50 bits per heavy atom. The molecule has 1 aromatic carbocycles. The average molecular weight is 135 g/mol. The van der Waals surface area contributed by atoms with Gasteiger partial charge < -0.3 is 11.1 Å². The average Bonchev–Trinajstić information content (AvgIpc) is 1.88. The number of anilines is 1. The molecule has 2 N–H and O–H groups in total. The lowest BCUT2D eigenvalue weighted by atomic mass is 10.3. The highest BCUT2D eigenvalue weighted by Gasteiger charge is 1.88. The second kappa shape index (κ2) is 3.11. The van der Waals surface area contributed by atoms with Gasteiger partial charge in [-0.1, -0.05) is 6.07 Å². The molecule has 0 saturated heterocycles. The molecule has 0 atom stereocenters. The quantitative estimate of drug-likeness (QED) is 0.661.